The summed E-state index contributed by atoms with van der Waals surface area (Å²) in [6.45, 7) is 2.06. The summed E-state index contributed by atoms with van der Waals surface area (Å²) in [5, 5.41) is 11.1. The molecular weight excluding hydrogens is 432 g/mol. The van der Waals surface area contributed by atoms with Gasteiger partial charge in [-0.05, 0) is 83.1 Å². The Bertz CT molecular complexity index is 994. The quantitative estimate of drug-likeness (QED) is 0.660. The van der Waals surface area contributed by atoms with Crippen LogP contribution < -0.4 is 4.74 Å². The fraction of sp³-hybridized carbons (Fsp3) is 0.435. The molecule has 6 rings (SSSR count). The molecular formula is C23H23BrN2O3. The zero-order valence-corrected chi connectivity index (χ0v) is 17.9. The number of aliphatic hydroxyl groups is 1. The Morgan fingerprint density at radius 3 is 2.38 bits per heavy atom. The smallest absolute Gasteiger partial charge is 0.321 e. The van der Waals surface area contributed by atoms with E-state index in [0.717, 1.165) is 47.7 Å². The summed E-state index contributed by atoms with van der Waals surface area (Å²) in [5.74, 6) is 1.81. The molecule has 0 saturated heterocycles. The molecule has 29 heavy (non-hydrogen) atoms. The molecule has 0 amide bonds. The number of Topliss-reactive ketones (excluding diaryl/α,β-unsaturated/α-hetero) is 1. The molecule has 1 N–H and O–H groups in total. The lowest BCUT2D eigenvalue weighted by Crippen LogP contribution is -2.41. The maximum atomic E-state index is 13.4. The highest BCUT2D eigenvalue weighted by atomic mass is 79.9. The van der Waals surface area contributed by atoms with E-state index < -0.39 is 0 Å². The van der Waals surface area contributed by atoms with Crippen molar-refractivity contribution >= 4 is 27.3 Å². The van der Waals surface area contributed by atoms with E-state index in [1.54, 1.807) is 12.4 Å². The summed E-state index contributed by atoms with van der Waals surface area (Å²) in [4.78, 5) is 21.7. The van der Waals surface area contributed by atoms with Crippen molar-refractivity contribution in [3.8, 4) is 11.8 Å². The third kappa shape index (κ3) is 3.08. The average molecular weight is 455 g/mol. The van der Waals surface area contributed by atoms with E-state index in [4.69, 9.17) is 4.74 Å². The molecule has 0 aliphatic heterocycles. The van der Waals surface area contributed by atoms with Gasteiger partial charge in [0.25, 0.3) is 0 Å². The minimum atomic E-state index is -0.0402. The summed E-state index contributed by atoms with van der Waals surface area (Å²) >= 11 is 3.31. The number of ketones is 1. The van der Waals surface area contributed by atoms with Crippen LogP contribution >= 0.6 is 15.9 Å². The third-order valence-corrected chi connectivity index (χ3v) is 7.29. The monoisotopic (exact) mass is 454 g/mol. The Labute approximate surface area is 178 Å². The predicted octanol–water partition coefficient (Wildman–Crippen LogP) is 5.50. The Morgan fingerprint density at radius 1 is 1.10 bits per heavy atom. The third-order valence-electron chi connectivity index (χ3n) is 6.88. The van der Waals surface area contributed by atoms with Crippen molar-refractivity contribution in [1.82, 2.24) is 9.97 Å². The van der Waals surface area contributed by atoms with Crippen LogP contribution in [0.15, 0.2) is 40.8 Å². The van der Waals surface area contributed by atoms with Crippen LogP contribution in [0.1, 0.15) is 43.7 Å². The number of hydrogen-bond acceptors (Lipinski definition) is 5. The van der Waals surface area contributed by atoms with Gasteiger partial charge < -0.3 is 9.84 Å². The number of aromatic nitrogens is 2. The van der Waals surface area contributed by atoms with Crippen molar-refractivity contribution in [3.05, 3.63) is 52.0 Å². The summed E-state index contributed by atoms with van der Waals surface area (Å²) < 4.78 is 6.59. The van der Waals surface area contributed by atoms with Crippen LogP contribution in [0.5, 0.6) is 11.8 Å². The van der Waals surface area contributed by atoms with Crippen LogP contribution in [0.2, 0.25) is 0 Å². The highest BCUT2D eigenvalue weighted by Crippen LogP contribution is 2.57. The molecule has 150 valence electrons. The summed E-state index contributed by atoms with van der Waals surface area (Å²) in [5.41, 5.74) is 2.34. The van der Waals surface area contributed by atoms with Gasteiger partial charge in [-0.1, -0.05) is 13.0 Å². The van der Waals surface area contributed by atoms with Gasteiger partial charge >= 0.3 is 6.01 Å². The molecule has 6 heteroatoms. The minimum absolute atomic E-state index is 0.00841. The second-order valence-corrected chi connectivity index (χ2v) is 9.23. The molecule has 1 heterocycles. The van der Waals surface area contributed by atoms with Gasteiger partial charge in [0.1, 0.15) is 11.5 Å². The maximum absolute atomic E-state index is 13.4. The number of fused-ring (bicyclic) bond motifs is 2. The number of aliphatic hydroxyl groups excluding tert-OH is 1. The standard InChI is InChI=1S/C23H23BrN2O3/c1-2-12-7-8-16(29-23-25-10-15(24)11-26-23)9-17(12)20-21(27)18-13-3-4-14(6-5-13)19(18)22(20)28/h7-11,13-14,18-19,27H,2-6H2,1H3/t13-,14+,18?,19?. The number of hydrogen-bond donors (Lipinski definition) is 1. The first-order valence-corrected chi connectivity index (χ1v) is 11.1. The molecule has 2 bridgehead atoms. The van der Waals surface area contributed by atoms with Crippen LogP contribution in [0.3, 0.4) is 0 Å². The minimum Gasteiger partial charge on any atom is -0.511 e. The molecule has 0 spiro atoms. The molecule has 1 aromatic heterocycles. The number of ether oxygens (including phenoxy) is 1. The molecule has 2 atom stereocenters. The molecule has 2 unspecified atom stereocenters. The Morgan fingerprint density at radius 2 is 1.76 bits per heavy atom. The maximum Gasteiger partial charge on any atom is 0.321 e. The molecule has 3 fully saturated rings. The molecule has 3 saturated carbocycles. The van der Waals surface area contributed by atoms with Crippen molar-refractivity contribution in [2.75, 3.05) is 0 Å². The van der Waals surface area contributed by atoms with E-state index in [1.807, 2.05) is 18.2 Å². The van der Waals surface area contributed by atoms with Crippen molar-refractivity contribution in [2.45, 2.75) is 39.0 Å². The Balaban J connectivity index is 1.54. The first kappa shape index (κ1) is 18.8. The fourth-order valence-electron chi connectivity index (χ4n) is 5.57. The van der Waals surface area contributed by atoms with Crippen LogP contribution in [0, 0.1) is 23.7 Å². The molecule has 4 aliphatic rings. The number of halogens is 1. The second kappa shape index (κ2) is 7.24. The number of allylic oxidation sites excluding steroid dienone is 2. The topological polar surface area (TPSA) is 72.3 Å². The van der Waals surface area contributed by atoms with E-state index in [2.05, 4.69) is 32.8 Å². The Hall–Kier alpha value is -2.21. The van der Waals surface area contributed by atoms with Crippen molar-refractivity contribution in [1.29, 1.82) is 0 Å². The van der Waals surface area contributed by atoms with Crippen LogP contribution in [0.25, 0.3) is 5.57 Å². The first-order valence-electron chi connectivity index (χ1n) is 10.3. The summed E-state index contributed by atoms with van der Waals surface area (Å²) in [6, 6.07) is 5.92. The van der Waals surface area contributed by atoms with E-state index >= 15 is 0 Å². The molecule has 5 nitrogen and oxygen atoms in total. The molecule has 1 aromatic carbocycles. The number of carbonyl (C=O) groups excluding carboxylic acids is 1. The molecule has 4 aliphatic carbocycles. The van der Waals surface area contributed by atoms with Crippen LogP contribution in [-0.2, 0) is 11.2 Å². The summed E-state index contributed by atoms with van der Waals surface area (Å²) in [7, 11) is 0. The zero-order chi connectivity index (χ0) is 20.1. The lowest BCUT2D eigenvalue weighted by Gasteiger charge is -2.44. The number of nitrogens with zero attached hydrogens (tertiary/aromatic N) is 2. The van der Waals surface area contributed by atoms with Gasteiger partial charge in [0.05, 0.1) is 10.0 Å². The molecule has 0 radical (unpaired) electrons. The van der Waals surface area contributed by atoms with Gasteiger partial charge in [-0.2, -0.15) is 0 Å². The van der Waals surface area contributed by atoms with Crippen molar-refractivity contribution < 1.29 is 14.6 Å². The highest BCUT2D eigenvalue weighted by Gasteiger charge is 2.54. The van der Waals surface area contributed by atoms with Crippen molar-refractivity contribution in [3.63, 3.8) is 0 Å². The lowest BCUT2D eigenvalue weighted by atomic mass is 9.59. The van der Waals surface area contributed by atoms with Gasteiger partial charge in [-0.3, -0.25) is 4.79 Å². The second-order valence-electron chi connectivity index (χ2n) is 8.31. The van der Waals surface area contributed by atoms with Gasteiger partial charge in [0.15, 0.2) is 5.78 Å². The fourth-order valence-corrected chi connectivity index (χ4v) is 5.77. The number of carbonyl (C=O) groups is 1. The largest absolute Gasteiger partial charge is 0.511 e. The van der Waals surface area contributed by atoms with Gasteiger partial charge in [-0.15, -0.1) is 0 Å². The number of rotatable bonds is 4. The van der Waals surface area contributed by atoms with Crippen molar-refractivity contribution in [2.24, 2.45) is 23.7 Å². The predicted molar refractivity (Wildman–Crippen MR) is 113 cm³/mol. The normalized spacial score (nSPS) is 28.0. The van der Waals surface area contributed by atoms with E-state index in [9.17, 15) is 9.90 Å². The number of benzene rings is 1. The summed E-state index contributed by atoms with van der Waals surface area (Å²) in [6.07, 6.45) is 8.50. The van der Waals surface area contributed by atoms with Gasteiger partial charge in [-0.25, -0.2) is 9.97 Å². The Kier molecular flexibility index (Phi) is 4.69. The number of aryl methyl sites for hydroxylation is 1. The zero-order valence-electron chi connectivity index (χ0n) is 16.3. The first-order chi connectivity index (χ1) is 14.1. The van der Waals surface area contributed by atoms with Crippen LogP contribution in [-0.4, -0.2) is 20.9 Å². The van der Waals surface area contributed by atoms with E-state index in [0.29, 0.717) is 28.9 Å². The lowest BCUT2D eigenvalue weighted by molar-refractivity contribution is -0.123. The van der Waals surface area contributed by atoms with Gasteiger partial charge in [0.2, 0.25) is 0 Å². The van der Waals surface area contributed by atoms with E-state index in [-0.39, 0.29) is 23.6 Å². The molecule has 2 aromatic rings. The highest BCUT2D eigenvalue weighted by molar-refractivity contribution is 9.10. The average Bonchev–Trinajstić information content (AvgIpc) is 3.03. The van der Waals surface area contributed by atoms with Crippen LogP contribution in [0.4, 0.5) is 0 Å². The van der Waals surface area contributed by atoms with E-state index in [1.165, 1.54) is 0 Å². The SMILES string of the molecule is CCc1ccc(Oc2ncc(Br)cn2)cc1C1=C(O)C2C(C1=O)[C@H]1CC[C@@H]2CC1. The van der Waals surface area contributed by atoms with Gasteiger partial charge in [0, 0.05) is 24.2 Å².